The van der Waals surface area contributed by atoms with E-state index in [1.807, 2.05) is 61.5 Å². The standard InChI is InChI=1S/C24H21BrN4O3S/c1-15-22-20(24(30)26-18-9-7-17(25)8-10-18)13-21(16-5-3-2-4-6-16)27-23(22)29(28-15)19-11-12-33(31,32)14-19/h2-10,13,19H,11-12,14H2,1H3,(H,26,30). The van der Waals surface area contributed by atoms with E-state index in [1.54, 1.807) is 10.7 Å². The minimum atomic E-state index is -3.11. The molecule has 4 aromatic rings. The Labute approximate surface area is 199 Å². The highest BCUT2D eigenvalue weighted by molar-refractivity contribution is 9.10. The molecule has 9 heteroatoms. The lowest BCUT2D eigenvalue weighted by molar-refractivity contribution is 0.102. The van der Waals surface area contributed by atoms with Crippen LogP contribution in [-0.4, -0.2) is 40.6 Å². The van der Waals surface area contributed by atoms with Crippen LogP contribution in [0.2, 0.25) is 0 Å². The van der Waals surface area contributed by atoms with Gasteiger partial charge in [-0.1, -0.05) is 46.3 Å². The predicted octanol–water partition coefficient (Wildman–Crippen LogP) is 4.78. The lowest BCUT2D eigenvalue weighted by Gasteiger charge is -2.12. The van der Waals surface area contributed by atoms with Gasteiger partial charge >= 0.3 is 0 Å². The zero-order valence-corrected chi connectivity index (χ0v) is 20.2. The molecule has 0 saturated carbocycles. The fourth-order valence-corrected chi connectivity index (χ4v) is 6.16. The normalized spacial score (nSPS) is 17.3. The summed E-state index contributed by atoms with van der Waals surface area (Å²) in [6.07, 6.45) is 0.482. The van der Waals surface area contributed by atoms with Crippen LogP contribution < -0.4 is 5.32 Å². The summed E-state index contributed by atoms with van der Waals surface area (Å²) in [6, 6.07) is 18.4. The number of hydrogen-bond acceptors (Lipinski definition) is 5. The van der Waals surface area contributed by atoms with Crippen molar-refractivity contribution in [3.8, 4) is 11.3 Å². The third-order valence-corrected chi connectivity index (χ3v) is 8.09. The third-order valence-electron chi connectivity index (χ3n) is 5.81. The highest BCUT2D eigenvalue weighted by atomic mass is 79.9. The molecule has 33 heavy (non-hydrogen) atoms. The van der Waals surface area contributed by atoms with Crippen molar-refractivity contribution in [3.63, 3.8) is 0 Å². The quantitative estimate of drug-likeness (QED) is 0.414. The second kappa shape index (κ2) is 8.39. The van der Waals surface area contributed by atoms with Crippen LogP contribution >= 0.6 is 15.9 Å². The third kappa shape index (κ3) is 4.30. The molecule has 1 atom stereocenters. The van der Waals surface area contributed by atoms with Crippen molar-refractivity contribution in [3.05, 3.63) is 76.4 Å². The van der Waals surface area contributed by atoms with E-state index >= 15 is 0 Å². The Morgan fingerprint density at radius 2 is 1.85 bits per heavy atom. The number of anilines is 1. The molecule has 5 rings (SSSR count). The number of halogens is 1. The molecular weight excluding hydrogens is 504 g/mol. The molecule has 1 aliphatic heterocycles. The molecule has 3 heterocycles. The van der Waals surface area contributed by atoms with E-state index in [0.717, 1.165) is 10.0 Å². The second-order valence-electron chi connectivity index (χ2n) is 8.17. The highest BCUT2D eigenvalue weighted by Gasteiger charge is 2.32. The number of rotatable bonds is 4. The fraction of sp³-hybridized carbons (Fsp3) is 0.208. The van der Waals surface area contributed by atoms with E-state index in [4.69, 9.17) is 4.98 Å². The number of nitrogens with one attached hydrogen (secondary N) is 1. The van der Waals surface area contributed by atoms with Crippen LogP contribution in [0.3, 0.4) is 0 Å². The van der Waals surface area contributed by atoms with Crippen LogP contribution in [0.4, 0.5) is 5.69 Å². The van der Waals surface area contributed by atoms with Gasteiger partial charge in [-0.05, 0) is 43.7 Å². The molecule has 1 fully saturated rings. The smallest absolute Gasteiger partial charge is 0.256 e. The van der Waals surface area contributed by atoms with E-state index in [0.29, 0.717) is 40.1 Å². The van der Waals surface area contributed by atoms with Crippen LogP contribution in [0.25, 0.3) is 22.3 Å². The average molecular weight is 525 g/mol. The van der Waals surface area contributed by atoms with Crippen LogP contribution in [0.5, 0.6) is 0 Å². The SMILES string of the molecule is Cc1nn(C2CCS(=O)(=O)C2)c2nc(-c3ccccc3)cc(C(=O)Nc3ccc(Br)cc3)c12. The first kappa shape index (κ1) is 21.8. The van der Waals surface area contributed by atoms with Crippen LogP contribution in [-0.2, 0) is 9.84 Å². The summed E-state index contributed by atoms with van der Waals surface area (Å²) < 4.78 is 26.8. The minimum Gasteiger partial charge on any atom is -0.322 e. The number of nitrogens with zero attached hydrogens (tertiary/aromatic N) is 3. The van der Waals surface area contributed by atoms with E-state index < -0.39 is 9.84 Å². The molecule has 0 bridgehead atoms. The average Bonchev–Trinajstić information content (AvgIpc) is 3.34. The number of pyridine rings is 1. The maximum absolute atomic E-state index is 13.4. The molecule has 1 saturated heterocycles. The lowest BCUT2D eigenvalue weighted by atomic mass is 10.0. The van der Waals surface area contributed by atoms with Crippen molar-refractivity contribution >= 4 is 48.4 Å². The Morgan fingerprint density at radius 1 is 1.12 bits per heavy atom. The monoisotopic (exact) mass is 524 g/mol. The van der Waals surface area contributed by atoms with Gasteiger partial charge in [-0.3, -0.25) is 4.79 Å². The summed E-state index contributed by atoms with van der Waals surface area (Å²) in [6.45, 7) is 1.82. The molecule has 168 valence electrons. The molecule has 0 aliphatic carbocycles. The fourth-order valence-electron chi connectivity index (χ4n) is 4.20. The van der Waals surface area contributed by atoms with Gasteiger partial charge in [-0.25, -0.2) is 18.1 Å². The molecule has 0 spiro atoms. The van der Waals surface area contributed by atoms with Gasteiger partial charge in [0.2, 0.25) is 0 Å². The van der Waals surface area contributed by atoms with Gasteiger partial charge in [0.25, 0.3) is 5.91 Å². The van der Waals surface area contributed by atoms with Crippen molar-refractivity contribution in [2.75, 3.05) is 16.8 Å². The Morgan fingerprint density at radius 3 is 2.52 bits per heavy atom. The molecular formula is C24H21BrN4O3S. The molecule has 1 N–H and O–H groups in total. The lowest BCUT2D eigenvalue weighted by Crippen LogP contribution is -2.15. The maximum Gasteiger partial charge on any atom is 0.256 e. The zero-order chi connectivity index (χ0) is 23.2. The highest BCUT2D eigenvalue weighted by Crippen LogP contribution is 2.32. The summed E-state index contributed by atoms with van der Waals surface area (Å²) in [5, 5.41) is 8.23. The molecule has 1 unspecified atom stereocenters. The summed E-state index contributed by atoms with van der Waals surface area (Å²) in [4.78, 5) is 18.2. The first-order chi connectivity index (χ1) is 15.8. The van der Waals surface area contributed by atoms with Crippen LogP contribution in [0, 0.1) is 6.92 Å². The summed E-state index contributed by atoms with van der Waals surface area (Å²) in [5.74, 6) is -0.113. The number of carbonyl (C=O) groups is 1. The van der Waals surface area contributed by atoms with Gasteiger partial charge in [0.05, 0.1) is 39.9 Å². The number of carbonyl (C=O) groups excluding carboxylic acids is 1. The van der Waals surface area contributed by atoms with Gasteiger partial charge < -0.3 is 5.32 Å². The molecule has 0 radical (unpaired) electrons. The zero-order valence-electron chi connectivity index (χ0n) is 17.8. The van der Waals surface area contributed by atoms with Gasteiger partial charge in [0, 0.05) is 15.7 Å². The summed E-state index contributed by atoms with van der Waals surface area (Å²) in [5.41, 5.74) is 3.78. The van der Waals surface area contributed by atoms with Crippen molar-refractivity contribution < 1.29 is 13.2 Å². The van der Waals surface area contributed by atoms with Gasteiger partial charge in [0.1, 0.15) is 0 Å². The Kier molecular flexibility index (Phi) is 5.54. The first-order valence-electron chi connectivity index (χ1n) is 10.5. The number of sulfone groups is 1. The van der Waals surface area contributed by atoms with Crippen LogP contribution in [0.1, 0.15) is 28.5 Å². The molecule has 1 aliphatic rings. The Bertz CT molecular complexity index is 1470. The minimum absolute atomic E-state index is 0.0287. The van der Waals surface area contributed by atoms with Crippen molar-refractivity contribution in [1.82, 2.24) is 14.8 Å². The Hall–Kier alpha value is -3.04. The van der Waals surface area contributed by atoms with E-state index in [2.05, 4.69) is 26.3 Å². The molecule has 2 aromatic carbocycles. The maximum atomic E-state index is 13.4. The van der Waals surface area contributed by atoms with Crippen LogP contribution in [0.15, 0.2) is 65.1 Å². The van der Waals surface area contributed by atoms with Crippen molar-refractivity contribution in [2.24, 2.45) is 0 Å². The van der Waals surface area contributed by atoms with Gasteiger partial charge in [-0.15, -0.1) is 0 Å². The molecule has 7 nitrogen and oxygen atoms in total. The van der Waals surface area contributed by atoms with Gasteiger partial charge in [0.15, 0.2) is 15.5 Å². The summed E-state index contributed by atoms with van der Waals surface area (Å²) in [7, 11) is -3.11. The number of fused-ring (bicyclic) bond motifs is 1. The first-order valence-corrected chi connectivity index (χ1v) is 13.1. The second-order valence-corrected chi connectivity index (χ2v) is 11.3. The topological polar surface area (TPSA) is 93.9 Å². The van der Waals surface area contributed by atoms with Gasteiger partial charge in [-0.2, -0.15) is 5.10 Å². The molecule has 2 aromatic heterocycles. The number of benzene rings is 2. The number of aryl methyl sites for hydroxylation is 1. The summed E-state index contributed by atoms with van der Waals surface area (Å²) >= 11 is 3.40. The Balaban J connectivity index is 1.67. The number of aromatic nitrogens is 3. The van der Waals surface area contributed by atoms with E-state index in [9.17, 15) is 13.2 Å². The van der Waals surface area contributed by atoms with E-state index in [1.165, 1.54) is 0 Å². The van der Waals surface area contributed by atoms with Crippen molar-refractivity contribution in [1.29, 1.82) is 0 Å². The molecule has 1 amide bonds. The largest absolute Gasteiger partial charge is 0.322 e. The number of amides is 1. The van der Waals surface area contributed by atoms with Crippen molar-refractivity contribution in [2.45, 2.75) is 19.4 Å². The predicted molar refractivity (Wildman–Crippen MR) is 132 cm³/mol. The number of hydrogen-bond donors (Lipinski definition) is 1. The van der Waals surface area contributed by atoms with E-state index in [-0.39, 0.29) is 23.5 Å².